The van der Waals surface area contributed by atoms with Gasteiger partial charge in [0.05, 0.1) is 6.54 Å². The molecule has 8 nitrogen and oxygen atoms in total. The Morgan fingerprint density at radius 1 is 1.47 bits per heavy atom. The predicted octanol–water partition coefficient (Wildman–Crippen LogP) is -0.168. The summed E-state index contributed by atoms with van der Waals surface area (Å²) >= 11 is 0. The minimum absolute atomic E-state index is 0.173. The highest BCUT2D eigenvalue weighted by molar-refractivity contribution is 5.64. The first-order valence-electron chi connectivity index (χ1n) is 5.16. The number of carbonyl (C=O) groups excluding carboxylic acids is 1. The first-order chi connectivity index (χ1) is 8.15. The molecule has 1 rings (SSSR count). The second-order valence-corrected chi connectivity index (χ2v) is 3.15. The number of hydrogen-bond acceptors (Lipinski definition) is 7. The van der Waals surface area contributed by atoms with Gasteiger partial charge in [0.1, 0.15) is 24.1 Å². The van der Waals surface area contributed by atoms with Crippen LogP contribution in [0.3, 0.4) is 0 Å². The molecule has 0 saturated heterocycles. The standard InChI is InChI=1S/C9H16N6O2/c1-2-6-13-7(5-8(14-6)15-11)12-3-4-17-9(10)16/h5H,2-4,11H2,1H3,(H2,10,16)(H2,12,13,14,15). The maximum Gasteiger partial charge on any atom is 0.404 e. The van der Waals surface area contributed by atoms with Gasteiger partial charge in [-0.3, -0.25) is 0 Å². The van der Waals surface area contributed by atoms with E-state index in [-0.39, 0.29) is 6.61 Å². The minimum atomic E-state index is -0.798. The third-order valence-corrected chi connectivity index (χ3v) is 1.89. The van der Waals surface area contributed by atoms with Crippen molar-refractivity contribution in [1.29, 1.82) is 0 Å². The fourth-order valence-electron chi connectivity index (χ4n) is 1.15. The Morgan fingerprint density at radius 3 is 2.76 bits per heavy atom. The summed E-state index contributed by atoms with van der Waals surface area (Å²) in [7, 11) is 0. The van der Waals surface area contributed by atoms with Crippen LogP contribution in [0.5, 0.6) is 0 Å². The number of anilines is 2. The molecular weight excluding hydrogens is 224 g/mol. The Labute approximate surface area is 98.7 Å². The van der Waals surface area contributed by atoms with E-state index in [0.29, 0.717) is 30.4 Å². The fraction of sp³-hybridized carbons (Fsp3) is 0.444. The molecule has 1 aromatic heterocycles. The van der Waals surface area contributed by atoms with Crippen molar-refractivity contribution in [3.05, 3.63) is 11.9 Å². The SMILES string of the molecule is CCc1nc(NN)cc(NCCOC(N)=O)n1. The highest BCUT2D eigenvalue weighted by Crippen LogP contribution is 2.10. The van der Waals surface area contributed by atoms with Crippen molar-refractivity contribution in [3.63, 3.8) is 0 Å². The van der Waals surface area contributed by atoms with E-state index in [9.17, 15) is 4.79 Å². The van der Waals surface area contributed by atoms with Gasteiger partial charge in [-0.05, 0) is 0 Å². The molecule has 1 aromatic rings. The number of ether oxygens (including phenoxy) is 1. The zero-order valence-corrected chi connectivity index (χ0v) is 9.56. The average Bonchev–Trinajstić information content (AvgIpc) is 2.34. The number of primary amides is 1. The molecule has 0 fully saturated rings. The van der Waals surface area contributed by atoms with Gasteiger partial charge < -0.3 is 21.2 Å². The van der Waals surface area contributed by atoms with Crippen LogP contribution in [0, 0.1) is 0 Å². The maximum atomic E-state index is 10.3. The van der Waals surface area contributed by atoms with Crippen LogP contribution in [0.15, 0.2) is 6.07 Å². The van der Waals surface area contributed by atoms with E-state index in [1.807, 2.05) is 6.92 Å². The highest BCUT2D eigenvalue weighted by atomic mass is 16.5. The Hall–Kier alpha value is -2.09. The smallest absolute Gasteiger partial charge is 0.404 e. The Kier molecular flexibility index (Phi) is 4.95. The number of aryl methyl sites for hydroxylation is 1. The van der Waals surface area contributed by atoms with Crippen LogP contribution in [-0.4, -0.2) is 29.2 Å². The summed E-state index contributed by atoms with van der Waals surface area (Å²) in [6.45, 7) is 2.52. The molecule has 1 amide bonds. The molecule has 1 heterocycles. The van der Waals surface area contributed by atoms with Crippen molar-refractivity contribution in [2.45, 2.75) is 13.3 Å². The molecule has 0 aliphatic rings. The fourth-order valence-corrected chi connectivity index (χ4v) is 1.15. The van der Waals surface area contributed by atoms with Crippen LogP contribution in [0.4, 0.5) is 16.4 Å². The topological polar surface area (TPSA) is 128 Å². The summed E-state index contributed by atoms with van der Waals surface area (Å²) in [6.07, 6.45) is -0.102. The van der Waals surface area contributed by atoms with Crippen molar-refractivity contribution >= 4 is 17.7 Å². The lowest BCUT2D eigenvalue weighted by Crippen LogP contribution is -2.19. The number of nitrogens with two attached hydrogens (primary N) is 2. The molecule has 0 bridgehead atoms. The first-order valence-corrected chi connectivity index (χ1v) is 5.16. The van der Waals surface area contributed by atoms with Gasteiger partial charge in [0.2, 0.25) is 0 Å². The summed E-state index contributed by atoms with van der Waals surface area (Å²) in [5.41, 5.74) is 7.28. The minimum Gasteiger partial charge on any atom is -0.448 e. The van der Waals surface area contributed by atoms with Crippen LogP contribution in [0.1, 0.15) is 12.7 Å². The third-order valence-electron chi connectivity index (χ3n) is 1.89. The van der Waals surface area contributed by atoms with Crippen molar-refractivity contribution in [2.75, 3.05) is 23.9 Å². The molecule has 8 heteroatoms. The molecule has 0 aliphatic carbocycles. The molecule has 94 valence electrons. The number of rotatable bonds is 6. The van der Waals surface area contributed by atoms with Crippen molar-refractivity contribution in [1.82, 2.24) is 9.97 Å². The van der Waals surface area contributed by atoms with Gasteiger partial charge in [-0.25, -0.2) is 20.6 Å². The largest absolute Gasteiger partial charge is 0.448 e. The second kappa shape index (κ2) is 6.48. The van der Waals surface area contributed by atoms with E-state index in [0.717, 1.165) is 0 Å². The highest BCUT2D eigenvalue weighted by Gasteiger charge is 2.02. The zero-order valence-electron chi connectivity index (χ0n) is 9.56. The number of hydrazine groups is 1. The Bertz CT molecular complexity index is 361. The number of hydrogen-bond donors (Lipinski definition) is 4. The van der Waals surface area contributed by atoms with E-state index in [1.54, 1.807) is 6.07 Å². The van der Waals surface area contributed by atoms with Crippen molar-refractivity contribution < 1.29 is 9.53 Å². The Morgan fingerprint density at radius 2 is 2.18 bits per heavy atom. The van der Waals surface area contributed by atoms with Crippen LogP contribution in [0.2, 0.25) is 0 Å². The first kappa shape index (κ1) is 13.0. The van der Waals surface area contributed by atoms with E-state index in [1.165, 1.54) is 0 Å². The number of aromatic nitrogens is 2. The van der Waals surface area contributed by atoms with Gasteiger partial charge >= 0.3 is 6.09 Å². The molecule has 0 saturated carbocycles. The molecule has 0 aromatic carbocycles. The van der Waals surface area contributed by atoms with Gasteiger partial charge in [0.25, 0.3) is 0 Å². The average molecular weight is 240 g/mol. The number of nitrogen functional groups attached to an aromatic ring is 1. The van der Waals surface area contributed by atoms with Gasteiger partial charge in [-0.1, -0.05) is 6.92 Å². The molecular formula is C9H16N6O2. The number of nitrogens with one attached hydrogen (secondary N) is 2. The lowest BCUT2D eigenvalue weighted by molar-refractivity contribution is 0.161. The molecule has 6 N–H and O–H groups in total. The van der Waals surface area contributed by atoms with E-state index in [4.69, 9.17) is 11.6 Å². The molecule has 0 aliphatic heterocycles. The lowest BCUT2D eigenvalue weighted by atomic mass is 10.4. The monoisotopic (exact) mass is 240 g/mol. The summed E-state index contributed by atoms with van der Waals surface area (Å²) in [5, 5.41) is 2.97. The predicted molar refractivity (Wildman–Crippen MR) is 63.2 cm³/mol. The molecule has 0 unspecified atom stereocenters. The normalized spacial score (nSPS) is 9.76. The molecule has 0 radical (unpaired) electrons. The van der Waals surface area contributed by atoms with Gasteiger partial charge in [0.15, 0.2) is 0 Å². The third kappa shape index (κ3) is 4.51. The Balaban J connectivity index is 2.54. The lowest BCUT2D eigenvalue weighted by Gasteiger charge is -2.08. The van der Waals surface area contributed by atoms with E-state index < -0.39 is 6.09 Å². The van der Waals surface area contributed by atoms with Gasteiger partial charge in [-0.2, -0.15) is 0 Å². The number of amides is 1. The van der Waals surface area contributed by atoms with Crippen molar-refractivity contribution in [3.8, 4) is 0 Å². The second-order valence-electron chi connectivity index (χ2n) is 3.15. The van der Waals surface area contributed by atoms with Gasteiger partial charge in [-0.15, -0.1) is 0 Å². The van der Waals surface area contributed by atoms with Crippen molar-refractivity contribution in [2.24, 2.45) is 11.6 Å². The number of nitrogens with zero attached hydrogens (tertiary/aromatic N) is 2. The summed E-state index contributed by atoms with van der Waals surface area (Å²) < 4.78 is 4.57. The van der Waals surface area contributed by atoms with E-state index in [2.05, 4.69) is 25.4 Å². The molecule has 17 heavy (non-hydrogen) atoms. The zero-order chi connectivity index (χ0) is 12.7. The molecule has 0 atom stereocenters. The quantitative estimate of drug-likeness (QED) is 0.309. The van der Waals surface area contributed by atoms with Crippen LogP contribution in [-0.2, 0) is 11.2 Å². The van der Waals surface area contributed by atoms with E-state index >= 15 is 0 Å². The summed E-state index contributed by atoms with van der Waals surface area (Å²) in [6, 6.07) is 1.66. The maximum absolute atomic E-state index is 10.3. The van der Waals surface area contributed by atoms with Crippen LogP contribution in [0.25, 0.3) is 0 Å². The van der Waals surface area contributed by atoms with Crippen LogP contribution < -0.4 is 22.3 Å². The summed E-state index contributed by atoms with van der Waals surface area (Å²) in [4.78, 5) is 18.7. The molecule has 0 spiro atoms. The number of carbonyl (C=O) groups is 1. The summed E-state index contributed by atoms with van der Waals surface area (Å²) in [5.74, 6) is 7.08. The van der Waals surface area contributed by atoms with Crippen LogP contribution >= 0.6 is 0 Å². The van der Waals surface area contributed by atoms with Gasteiger partial charge in [0, 0.05) is 12.5 Å².